The first-order valence-electron chi connectivity index (χ1n) is 11.5. The van der Waals surface area contributed by atoms with Crippen molar-refractivity contribution in [3.8, 4) is 0 Å². The van der Waals surface area contributed by atoms with Crippen LogP contribution in [0, 0.1) is 29.1 Å². The van der Waals surface area contributed by atoms with Gasteiger partial charge in [0.2, 0.25) is 0 Å². The zero-order valence-corrected chi connectivity index (χ0v) is 19.9. The number of carbonyl (C=O) groups excluding carboxylic acids is 3. The van der Waals surface area contributed by atoms with Gasteiger partial charge in [-0.25, -0.2) is 9.59 Å². The summed E-state index contributed by atoms with van der Waals surface area (Å²) >= 11 is 0. The zero-order valence-electron chi connectivity index (χ0n) is 19.9. The Balaban J connectivity index is 1.99. The van der Waals surface area contributed by atoms with E-state index in [-0.39, 0.29) is 36.1 Å². The van der Waals surface area contributed by atoms with Crippen molar-refractivity contribution in [1.29, 1.82) is 0 Å². The van der Waals surface area contributed by atoms with Gasteiger partial charge < -0.3 is 19.3 Å². The van der Waals surface area contributed by atoms with Crippen molar-refractivity contribution in [2.45, 2.75) is 85.2 Å². The van der Waals surface area contributed by atoms with Gasteiger partial charge in [0, 0.05) is 41.2 Å². The lowest BCUT2D eigenvalue weighted by Crippen LogP contribution is -2.43. The minimum absolute atomic E-state index is 0.151. The maximum absolute atomic E-state index is 12.6. The minimum atomic E-state index is -0.941. The van der Waals surface area contributed by atoms with E-state index in [2.05, 4.69) is 6.58 Å². The van der Waals surface area contributed by atoms with Gasteiger partial charge in [0.05, 0.1) is 6.10 Å². The van der Waals surface area contributed by atoms with Crippen molar-refractivity contribution < 1.29 is 33.7 Å². The summed E-state index contributed by atoms with van der Waals surface area (Å²) in [7, 11) is 0. The van der Waals surface area contributed by atoms with Gasteiger partial charge in [-0.2, -0.15) is 0 Å². The Hall–Kier alpha value is -2.15. The van der Waals surface area contributed by atoms with E-state index in [1.165, 1.54) is 0 Å². The highest BCUT2D eigenvalue weighted by molar-refractivity contribution is 5.91. The number of aliphatic hydroxyl groups is 1. The maximum atomic E-state index is 12.6. The highest BCUT2D eigenvalue weighted by atomic mass is 16.6. The summed E-state index contributed by atoms with van der Waals surface area (Å²) in [5, 5.41) is 11.1. The first-order chi connectivity index (χ1) is 14.9. The van der Waals surface area contributed by atoms with Gasteiger partial charge in [0.25, 0.3) is 0 Å². The number of hydrogen-bond donors (Lipinski definition) is 1. The quantitative estimate of drug-likeness (QED) is 0.391. The second kappa shape index (κ2) is 9.00. The molecular weight excluding hydrogens is 412 g/mol. The van der Waals surface area contributed by atoms with Crippen LogP contribution < -0.4 is 0 Å². The Labute approximate surface area is 190 Å². The molecular formula is C25H36O7. The van der Waals surface area contributed by atoms with Crippen LogP contribution in [0.5, 0.6) is 0 Å². The average molecular weight is 449 g/mol. The SMILES string of the molecule is C=C1C(=O)O[C@H]2[C@H](O)[C@@H](C)[C@@H]3[C@@H](OC(=O)/C(C)=C\C)C[C@@H](OC(=O)CC(C)C)[C@@]3(C)C[C@H]12. The Morgan fingerprint density at radius 3 is 2.59 bits per heavy atom. The van der Waals surface area contributed by atoms with Crippen LogP contribution in [0.1, 0.15) is 60.8 Å². The van der Waals surface area contributed by atoms with E-state index in [4.69, 9.17) is 14.2 Å². The fourth-order valence-corrected chi connectivity index (χ4v) is 5.83. The van der Waals surface area contributed by atoms with Crippen LogP contribution in [0.2, 0.25) is 0 Å². The molecule has 2 aliphatic carbocycles. The van der Waals surface area contributed by atoms with Gasteiger partial charge >= 0.3 is 17.9 Å². The van der Waals surface area contributed by atoms with Crippen LogP contribution in [0.15, 0.2) is 23.8 Å². The van der Waals surface area contributed by atoms with Crippen LogP contribution in [-0.4, -0.2) is 47.4 Å². The zero-order chi connectivity index (χ0) is 24.0. The Morgan fingerprint density at radius 2 is 2.00 bits per heavy atom. The molecule has 0 aromatic carbocycles. The number of hydrogen-bond acceptors (Lipinski definition) is 7. The number of aliphatic hydroxyl groups excluding tert-OH is 1. The molecule has 0 aromatic rings. The van der Waals surface area contributed by atoms with E-state index in [9.17, 15) is 19.5 Å². The average Bonchev–Trinajstić information content (AvgIpc) is 3.10. The molecule has 0 bridgehead atoms. The summed E-state index contributed by atoms with van der Waals surface area (Å²) in [5.41, 5.74) is 0.201. The van der Waals surface area contributed by atoms with E-state index >= 15 is 0 Å². The van der Waals surface area contributed by atoms with Crippen molar-refractivity contribution in [2.24, 2.45) is 29.1 Å². The number of rotatable bonds is 5. The molecule has 0 amide bonds. The lowest BCUT2D eigenvalue weighted by Gasteiger charge is -2.39. The Morgan fingerprint density at radius 1 is 1.34 bits per heavy atom. The third kappa shape index (κ3) is 4.24. The normalized spacial score (nSPS) is 39.2. The van der Waals surface area contributed by atoms with Gasteiger partial charge in [0.1, 0.15) is 18.3 Å². The summed E-state index contributed by atoms with van der Waals surface area (Å²) in [6.07, 6.45) is 0.0881. The molecule has 0 unspecified atom stereocenters. The molecule has 8 atom stereocenters. The summed E-state index contributed by atoms with van der Waals surface area (Å²) < 4.78 is 17.3. The van der Waals surface area contributed by atoms with Crippen LogP contribution in [0.3, 0.4) is 0 Å². The molecule has 3 aliphatic rings. The number of allylic oxidation sites excluding steroid dienone is 1. The van der Waals surface area contributed by atoms with Crippen molar-refractivity contribution in [2.75, 3.05) is 0 Å². The topological polar surface area (TPSA) is 99.1 Å². The van der Waals surface area contributed by atoms with Crippen LogP contribution in [0.25, 0.3) is 0 Å². The van der Waals surface area contributed by atoms with E-state index in [1.807, 2.05) is 27.7 Å². The van der Waals surface area contributed by atoms with E-state index < -0.39 is 41.8 Å². The van der Waals surface area contributed by atoms with Crippen molar-refractivity contribution in [1.82, 2.24) is 0 Å². The molecule has 1 aliphatic heterocycles. The number of carbonyl (C=O) groups is 3. The second-order valence-corrected chi connectivity index (χ2v) is 10.3. The monoisotopic (exact) mass is 448 g/mol. The van der Waals surface area contributed by atoms with Crippen molar-refractivity contribution in [3.05, 3.63) is 23.8 Å². The third-order valence-corrected chi connectivity index (χ3v) is 7.66. The number of fused-ring (bicyclic) bond motifs is 2. The van der Waals surface area contributed by atoms with Gasteiger partial charge in [-0.15, -0.1) is 0 Å². The van der Waals surface area contributed by atoms with Gasteiger partial charge in [-0.1, -0.05) is 40.3 Å². The Kier molecular flexibility index (Phi) is 6.89. The minimum Gasteiger partial charge on any atom is -0.462 e. The molecule has 3 fully saturated rings. The molecule has 178 valence electrons. The van der Waals surface area contributed by atoms with E-state index in [1.54, 1.807) is 19.9 Å². The predicted octanol–water partition coefficient (Wildman–Crippen LogP) is 3.35. The van der Waals surface area contributed by atoms with Crippen LogP contribution >= 0.6 is 0 Å². The third-order valence-electron chi connectivity index (χ3n) is 7.66. The highest BCUT2D eigenvalue weighted by Crippen LogP contribution is 2.58. The predicted molar refractivity (Wildman–Crippen MR) is 117 cm³/mol. The molecule has 7 heteroatoms. The van der Waals surface area contributed by atoms with Crippen LogP contribution in [0.4, 0.5) is 0 Å². The summed E-state index contributed by atoms with van der Waals surface area (Å²) in [5.74, 6) is -2.08. The van der Waals surface area contributed by atoms with Gasteiger partial charge in [-0.3, -0.25) is 4.79 Å². The fourth-order valence-electron chi connectivity index (χ4n) is 5.83. The molecule has 1 heterocycles. The molecule has 2 saturated carbocycles. The van der Waals surface area contributed by atoms with Crippen LogP contribution in [-0.2, 0) is 28.6 Å². The largest absolute Gasteiger partial charge is 0.462 e. The lowest BCUT2D eigenvalue weighted by molar-refractivity contribution is -0.157. The van der Waals surface area contributed by atoms with Crippen molar-refractivity contribution in [3.63, 3.8) is 0 Å². The number of esters is 3. The van der Waals surface area contributed by atoms with E-state index in [0.717, 1.165) is 0 Å². The molecule has 0 spiro atoms. The smallest absolute Gasteiger partial charge is 0.334 e. The standard InChI is InChI=1S/C25H36O7/c1-8-13(4)23(28)30-17-10-18(31-19(26)9-12(2)3)25(7)11-16-14(5)24(29)32-22(16)21(27)15(6)20(17)25/h8,12,15-18,20-22,27H,5,9-11H2,1-4,6-7H3/b13-8-/t15-,16+,17-,18+,20+,21+,22+,25+/m0/s1. The van der Waals surface area contributed by atoms with E-state index in [0.29, 0.717) is 24.0 Å². The molecule has 1 N–H and O–H groups in total. The summed E-state index contributed by atoms with van der Waals surface area (Å²) in [6.45, 7) is 15.1. The fraction of sp³-hybridized carbons (Fsp3) is 0.720. The van der Waals surface area contributed by atoms with Crippen molar-refractivity contribution >= 4 is 17.9 Å². The lowest BCUT2D eigenvalue weighted by atomic mass is 9.68. The molecule has 1 saturated heterocycles. The first kappa shape index (κ1) is 24.5. The van der Waals surface area contributed by atoms with Gasteiger partial charge in [-0.05, 0) is 32.1 Å². The summed E-state index contributed by atoms with van der Waals surface area (Å²) in [4.78, 5) is 37.4. The highest BCUT2D eigenvalue weighted by Gasteiger charge is 2.64. The Bertz CT molecular complexity index is 828. The molecule has 3 rings (SSSR count). The molecule has 0 aromatic heterocycles. The first-order valence-corrected chi connectivity index (χ1v) is 11.5. The van der Waals surface area contributed by atoms with Gasteiger partial charge in [0.15, 0.2) is 0 Å². The maximum Gasteiger partial charge on any atom is 0.334 e. The number of ether oxygens (including phenoxy) is 3. The second-order valence-electron chi connectivity index (χ2n) is 10.3. The summed E-state index contributed by atoms with van der Waals surface area (Å²) in [6, 6.07) is 0. The molecule has 32 heavy (non-hydrogen) atoms. The molecule has 0 radical (unpaired) electrons. The molecule has 7 nitrogen and oxygen atoms in total.